The van der Waals surface area contributed by atoms with Crippen molar-refractivity contribution < 1.29 is 9.53 Å². The van der Waals surface area contributed by atoms with E-state index in [-0.39, 0.29) is 0 Å². The lowest BCUT2D eigenvalue weighted by Gasteiger charge is -2.27. The van der Waals surface area contributed by atoms with Gasteiger partial charge in [-0.05, 0) is 30.7 Å². The minimum Gasteiger partial charge on any atom is -0.497 e. The quantitative estimate of drug-likeness (QED) is 0.738. The van der Waals surface area contributed by atoms with Gasteiger partial charge in [-0.1, -0.05) is 0 Å². The molecule has 1 aliphatic rings. The van der Waals surface area contributed by atoms with E-state index in [1.54, 1.807) is 7.11 Å². The predicted octanol–water partition coefficient (Wildman–Crippen LogP) is 1.86. The molecule has 0 aliphatic carbocycles. The molecule has 1 aliphatic heterocycles. The molecule has 3 nitrogen and oxygen atoms in total. The maximum atomic E-state index is 11.3. The second kappa shape index (κ2) is 4.34. The van der Waals surface area contributed by atoms with E-state index in [9.17, 15) is 4.79 Å². The zero-order chi connectivity index (χ0) is 10.7. The Kier molecular flexibility index (Phi) is 2.90. The zero-order valence-electron chi connectivity index (χ0n) is 8.90. The highest BCUT2D eigenvalue weighted by Gasteiger charge is 2.16. The van der Waals surface area contributed by atoms with Crippen LogP contribution >= 0.6 is 0 Å². The van der Waals surface area contributed by atoms with Gasteiger partial charge in [0.25, 0.3) is 0 Å². The average Bonchev–Trinajstić information content (AvgIpc) is 2.29. The fraction of sp³-hybridized carbons (Fsp3) is 0.417. The molecule has 0 unspecified atom stereocenters. The predicted molar refractivity (Wildman–Crippen MR) is 59.4 cm³/mol. The molecule has 1 heterocycles. The second-order valence-electron chi connectivity index (χ2n) is 3.76. The van der Waals surface area contributed by atoms with Crippen LogP contribution in [0.2, 0.25) is 0 Å². The van der Waals surface area contributed by atoms with Crippen LogP contribution in [0.5, 0.6) is 5.75 Å². The van der Waals surface area contributed by atoms with Gasteiger partial charge < -0.3 is 9.64 Å². The van der Waals surface area contributed by atoms with Crippen molar-refractivity contribution in [1.29, 1.82) is 0 Å². The summed E-state index contributed by atoms with van der Waals surface area (Å²) in [4.78, 5) is 13.4. The smallest absolute Gasteiger partial charge is 0.152 e. The van der Waals surface area contributed by atoms with Crippen LogP contribution in [0, 0.1) is 0 Å². The van der Waals surface area contributed by atoms with Crippen LogP contribution in [-0.4, -0.2) is 26.0 Å². The van der Waals surface area contributed by atoms with Gasteiger partial charge in [-0.25, -0.2) is 0 Å². The summed E-state index contributed by atoms with van der Waals surface area (Å²) < 4.78 is 5.09. The van der Waals surface area contributed by atoms with Crippen LogP contribution in [0.4, 0.5) is 5.69 Å². The number of anilines is 1. The maximum Gasteiger partial charge on any atom is 0.152 e. The molecule has 0 bridgehead atoms. The van der Waals surface area contributed by atoms with E-state index in [4.69, 9.17) is 4.74 Å². The Morgan fingerprint density at radius 2 is 2.00 bits per heavy atom. The van der Waals surface area contributed by atoms with Crippen LogP contribution in [0.15, 0.2) is 24.3 Å². The molecule has 0 radical (unpaired) electrons. The molecule has 0 aromatic heterocycles. The minimum absolute atomic E-state index is 0.331. The summed E-state index contributed by atoms with van der Waals surface area (Å²) >= 11 is 0. The molecule has 0 spiro atoms. The van der Waals surface area contributed by atoms with Gasteiger partial charge in [-0.2, -0.15) is 0 Å². The average molecular weight is 205 g/mol. The summed E-state index contributed by atoms with van der Waals surface area (Å²) in [5.74, 6) is 1.18. The Morgan fingerprint density at radius 1 is 1.27 bits per heavy atom. The molecule has 0 atom stereocenters. The van der Waals surface area contributed by atoms with E-state index < -0.39 is 0 Å². The molecule has 1 aromatic carbocycles. The van der Waals surface area contributed by atoms with Gasteiger partial charge in [-0.15, -0.1) is 0 Å². The van der Waals surface area contributed by atoms with Gasteiger partial charge in [-0.3, -0.25) is 4.79 Å². The first-order chi connectivity index (χ1) is 7.29. The molecule has 80 valence electrons. The van der Waals surface area contributed by atoms with Gasteiger partial charge in [0, 0.05) is 18.7 Å². The first-order valence-corrected chi connectivity index (χ1v) is 5.20. The number of carbonyl (C=O) groups is 1. The number of piperidine rings is 1. The van der Waals surface area contributed by atoms with Gasteiger partial charge in [0.05, 0.1) is 13.7 Å². The van der Waals surface area contributed by atoms with E-state index in [1.165, 1.54) is 0 Å². The topological polar surface area (TPSA) is 29.5 Å². The Bertz CT molecular complexity index is 345. The lowest BCUT2D eigenvalue weighted by molar-refractivity contribution is -0.118. The Hall–Kier alpha value is -1.51. The number of hydrogen-bond acceptors (Lipinski definition) is 3. The fourth-order valence-electron chi connectivity index (χ4n) is 1.85. The molecule has 1 aromatic rings. The van der Waals surface area contributed by atoms with Crippen LogP contribution in [0.3, 0.4) is 0 Å². The van der Waals surface area contributed by atoms with Crippen LogP contribution < -0.4 is 9.64 Å². The van der Waals surface area contributed by atoms with Crippen molar-refractivity contribution in [2.24, 2.45) is 0 Å². The standard InChI is InChI=1S/C12H15NO2/c1-15-12-6-4-10(5-7-12)13-8-2-3-11(14)9-13/h4-7H,2-3,8-9H2,1H3. The molecule has 15 heavy (non-hydrogen) atoms. The normalized spacial score (nSPS) is 16.6. The van der Waals surface area contributed by atoms with E-state index in [2.05, 4.69) is 4.90 Å². The molecular formula is C12H15NO2. The summed E-state index contributed by atoms with van der Waals surface area (Å²) in [5.41, 5.74) is 1.10. The van der Waals surface area contributed by atoms with E-state index >= 15 is 0 Å². The monoisotopic (exact) mass is 205 g/mol. The molecule has 1 fully saturated rings. The van der Waals surface area contributed by atoms with Crippen molar-refractivity contribution in [3.8, 4) is 5.75 Å². The SMILES string of the molecule is COc1ccc(N2CCCC(=O)C2)cc1. The highest BCUT2D eigenvalue weighted by atomic mass is 16.5. The van der Waals surface area contributed by atoms with Crippen LogP contribution in [-0.2, 0) is 4.79 Å². The summed E-state index contributed by atoms with van der Waals surface area (Å²) in [7, 11) is 1.65. The van der Waals surface area contributed by atoms with E-state index in [0.717, 1.165) is 30.8 Å². The van der Waals surface area contributed by atoms with Crippen LogP contribution in [0.25, 0.3) is 0 Å². The largest absolute Gasteiger partial charge is 0.497 e. The molecule has 2 rings (SSSR count). The fourth-order valence-corrected chi connectivity index (χ4v) is 1.85. The summed E-state index contributed by atoms with van der Waals surface area (Å²) in [5, 5.41) is 0. The number of hydrogen-bond donors (Lipinski definition) is 0. The molecule has 0 N–H and O–H groups in total. The van der Waals surface area contributed by atoms with Crippen molar-refractivity contribution in [2.75, 3.05) is 25.1 Å². The van der Waals surface area contributed by atoms with Gasteiger partial charge >= 0.3 is 0 Å². The number of benzene rings is 1. The summed E-state index contributed by atoms with van der Waals surface area (Å²) in [6.07, 6.45) is 1.69. The number of methoxy groups -OCH3 is 1. The third-order valence-electron chi connectivity index (χ3n) is 2.69. The molecule has 0 amide bonds. The Morgan fingerprint density at radius 3 is 2.60 bits per heavy atom. The maximum absolute atomic E-state index is 11.3. The highest BCUT2D eigenvalue weighted by Crippen LogP contribution is 2.21. The molecule has 1 saturated heterocycles. The van der Waals surface area contributed by atoms with Crippen molar-refractivity contribution in [3.05, 3.63) is 24.3 Å². The lowest BCUT2D eigenvalue weighted by Crippen LogP contribution is -2.35. The first kappa shape index (κ1) is 10.0. The van der Waals surface area contributed by atoms with Gasteiger partial charge in [0.15, 0.2) is 5.78 Å². The summed E-state index contributed by atoms with van der Waals surface area (Å²) in [6.45, 7) is 1.52. The number of ether oxygens (including phenoxy) is 1. The third-order valence-corrected chi connectivity index (χ3v) is 2.69. The molecule has 3 heteroatoms. The molecule has 0 saturated carbocycles. The van der Waals surface area contributed by atoms with Crippen molar-refractivity contribution in [2.45, 2.75) is 12.8 Å². The highest BCUT2D eigenvalue weighted by molar-refractivity contribution is 5.84. The first-order valence-electron chi connectivity index (χ1n) is 5.20. The van der Waals surface area contributed by atoms with Gasteiger partial charge in [0.1, 0.15) is 5.75 Å². The lowest BCUT2D eigenvalue weighted by atomic mass is 10.1. The number of carbonyl (C=O) groups excluding carboxylic acids is 1. The number of rotatable bonds is 2. The zero-order valence-corrected chi connectivity index (χ0v) is 8.90. The third kappa shape index (κ3) is 2.29. The summed E-state index contributed by atoms with van der Waals surface area (Å²) in [6, 6.07) is 7.84. The minimum atomic E-state index is 0.331. The van der Waals surface area contributed by atoms with Gasteiger partial charge in [0.2, 0.25) is 0 Å². The number of ketones is 1. The van der Waals surface area contributed by atoms with Crippen molar-refractivity contribution in [3.63, 3.8) is 0 Å². The number of Topliss-reactive ketones (excluding diaryl/α,β-unsaturated/α-hetero) is 1. The number of nitrogens with zero attached hydrogens (tertiary/aromatic N) is 1. The Balaban J connectivity index is 2.11. The van der Waals surface area contributed by atoms with E-state index in [1.807, 2.05) is 24.3 Å². The van der Waals surface area contributed by atoms with Crippen LogP contribution in [0.1, 0.15) is 12.8 Å². The van der Waals surface area contributed by atoms with Crippen molar-refractivity contribution >= 4 is 11.5 Å². The van der Waals surface area contributed by atoms with E-state index in [0.29, 0.717) is 12.3 Å². The van der Waals surface area contributed by atoms with Crippen molar-refractivity contribution in [1.82, 2.24) is 0 Å². The Labute approximate surface area is 89.7 Å². The molecular weight excluding hydrogens is 190 g/mol. The second-order valence-corrected chi connectivity index (χ2v) is 3.76.